The van der Waals surface area contributed by atoms with Gasteiger partial charge in [-0.25, -0.2) is 9.98 Å². The highest BCUT2D eigenvalue weighted by molar-refractivity contribution is 6.32. The van der Waals surface area contributed by atoms with Crippen LogP contribution in [0.5, 0.6) is 0 Å². The molecule has 2 aliphatic heterocycles. The fourth-order valence-electron chi connectivity index (χ4n) is 3.26. The van der Waals surface area contributed by atoms with Crippen LogP contribution < -0.4 is 4.90 Å². The van der Waals surface area contributed by atoms with Gasteiger partial charge in [0.1, 0.15) is 11.9 Å². The zero-order valence-corrected chi connectivity index (χ0v) is 14.1. The number of rotatable bonds is 1. The Bertz CT molecular complexity index is 995. The molecule has 3 heterocycles. The zero-order chi connectivity index (χ0) is 17.8. The standard InChI is InChI=1S/C18H13ClN4O2/c1-10-2-3-14-12(6-10)16(24)18(25)4-5-23(17(18)22-14)11-7-13(19)15(8-20)21-9-11/h2-3,6-7,9,25H,4-5H2,1H3. The van der Waals surface area contributed by atoms with Crippen molar-refractivity contribution in [3.8, 4) is 6.07 Å². The van der Waals surface area contributed by atoms with Crippen molar-refractivity contribution in [2.45, 2.75) is 18.9 Å². The van der Waals surface area contributed by atoms with Crippen LogP contribution >= 0.6 is 11.6 Å². The van der Waals surface area contributed by atoms with Crippen LogP contribution in [0.4, 0.5) is 11.4 Å². The number of carbonyl (C=O) groups excluding carboxylic acids is 1. The van der Waals surface area contributed by atoms with Crippen molar-refractivity contribution < 1.29 is 9.90 Å². The molecule has 1 unspecified atom stereocenters. The average molecular weight is 353 g/mol. The number of pyridine rings is 1. The third-order valence-corrected chi connectivity index (χ3v) is 4.85. The van der Waals surface area contributed by atoms with E-state index in [0.29, 0.717) is 23.5 Å². The van der Waals surface area contributed by atoms with Gasteiger partial charge in [-0.3, -0.25) is 4.79 Å². The van der Waals surface area contributed by atoms with Crippen LogP contribution in [0.25, 0.3) is 0 Å². The lowest BCUT2D eigenvalue weighted by Gasteiger charge is -2.29. The minimum absolute atomic E-state index is 0.127. The molecule has 4 rings (SSSR count). The Hall–Kier alpha value is -2.75. The molecule has 0 saturated carbocycles. The summed E-state index contributed by atoms with van der Waals surface area (Å²) in [5.41, 5.74) is 0.969. The van der Waals surface area contributed by atoms with Crippen molar-refractivity contribution in [3.05, 3.63) is 52.3 Å². The summed E-state index contributed by atoms with van der Waals surface area (Å²) in [6.45, 7) is 2.29. The maximum absolute atomic E-state index is 12.9. The summed E-state index contributed by atoms with van der Waals surface area (Å²) in [4.78, 5) is 23.2. The van der Waals surface area contributed by atoms with Crippen molar-refractivity contribution >= 4 is 34.6 Å². The van der Waals surface area contributed by atoms with E-state index in [9.17, 15) is 9.90 Å². The lowest BCUT2D eigenvalue weighted by molar-refractivity contribution is 0.0602. The second-order valence-electron chi connectivity index (χ2n) is 6.18. The number of fused-ring (bicyclic) bond motifs is 2. The Labute approximate surface area is 149 Å². The number of Topliss-reactive ketones (excluding diaryl/α,β-unsaturated/α-hetero) is 1. The lowest BCUT2D eigenvalue weighted by Crippen LogP contribution is -2.48. The molecule has 0 bridgehead atoms. The van der Waals surface area contributed by atoms with E-state index in [4.69, 9.17) is 16.9 Å². The lowest BCUT2D eigenvalue weighted by atomic mass is 9.87. The predicted octanol–water partition coefficient (Wildman–Crippen LogP) is 2.78. The molecule has 2 aliphatic rings. The van der Waals surface area contributed by atoms with E-state index >= 15 is 0 Å². The molecule has 0 radical (unpaired) electrons. The molecule has 1 aromatic heterocycles. The van der Waals surface area contributed by atoms with E-state index < -0.39 is 5.60 Å². The Balaban J connectivity index is 1.84. The number of nitriles is 1. The molecule has 25 heavy (non-hydrogen) atoms. The highest BCUT2D eigenvalue weighted by atomic mass is 35.5. The molecule has 2 aromatic rings. The topological polar surface area (TPSA) is 89.6 Å². The number of aromatic nitrogens is 1. The molecule has 1 fully saturated rings. The van der Waals surface area contributed by atoms with E-state index in [0.717, 1.165) is 5.56 Å². The Kier molecular flexibility index (Phi) is 3.39. The minimum atomic E-state index is -1.65. The molecule has 6 nitrogen and oxygen atoms in total. The van der Waals surface area contributed by atoms with Gasteiger partial charge < -0.3 is 10.0 Å². The maximum atomic E-state index is 12.9. The highest BCUT2D eigenvalue weighted by Crippen LogP contribution is 2.40. The molecule has 124 valence electrons. The Morgan fingerprint density at radius 2 is 2.20 bits per heavy atom. The van der Waals surface area contributed by atoms with Gasteiger partial charge in [-0.15, -0.1) is 0 Å². The van der Waals surface area contributed by atoms with Gasteiger partial charge in [0.25, 0.3) is 0 Å². The van der Waals surface area contributed by atoms with Crippen LogP contribution in [-0.2, 0) is 0 Å². The predicted molar refractivity (Wildman–Crippen MR) is 93.5 cm³/mol. The van der Waals surface area contributed by atoms with Gasteiger partial charge in [-0.1, -0.05) is 23.2 Å². The van der Waals surface area contributed by atoms with Gasteiger partial charge in [0.2, 0.25) is 5.78 Å². The molecular weight excluding hydrogens is 340 g/mol. The summed E-state index contributed by atoms with van der Waals surface area (Å²) < 4.78 is 0. The molecule has 0 spiro atoms. The SMILES string of the molecule is Cc1ccc2c(c1)C(=O)C1(O)CCN(c3cnc(C#N)c(Cl)c3)C1=N2. The summed E-state index contributed by atoms with van der Waals surface area (Å²) in [5, 5.41) is 20.2. The van der Waals surface area contributed by atoms with Gasteiger partial charge in [0.05, 0.1) is 22.6 Å². The van der Waals surface area contributed by atoms with Gasteiger partial charge in [-0.05, 0) is 25.1 Å². The number of anilines is 1. The zero-order valence-electron chi connectivity index (χ0n) is 13.3. The first-order chi connectivity index (χ1) is 11.9. The van der Waals surface area contributed by atoms with Crippen LogP contribution in [0.1, 0.15) is 28.0 Å². The van der Waals surface area contributed by atoms with E-state index in [-0.39, 0.29) is 28.8 Å². The molecule has 1 N–H and O–H groups in total. The highest BCUT2D eigenvalue weighted by Gasteiger charge is 2.52. The number of aliphatic imine (C=N–C) groups is 1. The Morgan fingerprint density at radius 3 is 2.92 bits per heavy atom. The first-order valence-electron chi connectivity index (χ1n) is 7.74. The molecule has 1 aromatic carbocycles. The monoisotopic (exact) mass is 352 g/mol. The van der Waals surface area contributed by atoms with Gasteiger partial charge in [0.15, 0.2) is 11.3 Å². The normalized spacial score (nSPS) is 21.4. The second-order valence-corrected chi connectivity index (χ2v) is 6.59. The van der Waals surface area contributed by atoms with E-state index in [1.54, 1.807) is 23.1 Å². The average Bonchev–Trinajstić information content (AvgIpc) is 2.94. The summed E-state index contributed by atoms with van der Waals surface area (Å²) in [7, 11) is 0. The van der Waals surface area contributed by atoms with Crippen molar-refractivity contribution in [2.24, 2.45) is 4.99 Å². The van der Waals surface area contributed by atoms with Crippen molar-refractivity contribution in [1.82, 2.24) is 4.98 Å². The summed E-state index contributed by atoms with van der Waals surface area (Å²) in [6, 6.07) is 8.90. The number of hydrogen-bond acceptors (Lipinski definition) is 6. The van der Waals surface area contributed by atoms with E-state index in [1.807, 2.05) is 19.1 Å². The number of aryl methyl sites for hydroxylation is 1. The smallest absolute Gasteiger partial charge is 0.204 e. The fraction of sp³-hybridized carbons (Fsp3) is 0.222. The first kappa shape index (κ1) is 15.8. The van der Waals surface area contributed by atoms with Crippen LogP contribution in [-0.4, -0.2) is 33.9 Å². The first-order valence-corrected chi connectivity index (χ1v) is 8.12. The van der Waals surface area contributed by atoms with Crippen LogP contribution in [0.15, 0.2) is 35.5 Å². The fourth-order valence-corrected chi connectivity index (χ4v) is 3.46. The number of benzene rings is 1. The third-order valence-electron chi connectivity index (χ3n) is 4.57. The number of nitrogens with zero attached hydrogens (tertiary/aromatic N) is 4. The number of hydrogen-bond donors (Lipinski definition) is 1. The summed E-state index contributed by atoms with van der Waals surface area (Å²) in [6.07, 6.45) is 1.73. The van der Waals surface area contributed by atoms with Crippen LogP contribution in [0.3, 0.4) is 0 Å². The largest absolute Gasteiger partial charge is 0.374 e. The van der Waals surface area contributed by atoms with Gasteiger partial charge in [-0.2, -0.15) is 5.26 Å². The van der Waals surface area contributed by atoms with E-state index in [2.05, 4.69) is 9.98 Å². The van der Waals surface area contributed by atoms with Crippen LogP contribution in [0.2, 0.25) is 5.02 Å². The van der Waals surface area contributed by atoms with Gasteiger partial charge in [0, 0.05) is 18.5 Å². The maximum Gasteiger partial charge on any atom is 0.204 e. The third kappa shape index (κ3) is 2.24. The summed E-state index contributed by atoms with van der Waals surface area (Å²) >= 11 is 6.06. The second kappa shape index (κ2) is 5.38. The molecule has 1 saturated heterocycles. The van der Waals surface area contributed by atoms with Crippen molar-refractivity contribution in [2.75, 3.05) is 11.4 Å². The molecule has 1 atom stereocenters. The Morgan fingerprint density at radius 1 is 1.40 bits per heavy atom. The molecular formula is C18H13ClN4O2. The van der Waals surface area contributed by atoms with Gasteiger partial charge >= 0.3 is 0 Å². The molecule has 0 amide bonds. The van der Waals surface area contributed by atoms with Crippen LogP contribution in [0, 0.1) is 18.3 Å². The van der Waals surface area contributed by atoms with Crippen molar-refractivity contribution in [1.29, 1.82) is 5.26 Å². The number of amidine groups is 1. The summed E-state index contributed by atoms with van der Waals surface area (Å²) in [5.74, 6) is -0.0668. The minimum Gasteiger partial charge on any atom is -0.374 e. The number of carbonyl (C=O) groups is 1. The quantitative estimate of drug-likeness (QED) is 0.852. The number of ketones is 1. The number of aliphatic hydroxyl groups is 1. The molecule has 7 heteroatoms. The van der Waals surface area contributed by atoms with E-state index in [1.165, 1.54) is 6.20 Å². The van der Waals surface area contributed by atoms with Crippen molar-refractivity contribution in [3.63, 3.8) is 0 Å². The molecule has 0 aliphatic carbocycles. The number of halogens is 1.